The summed E-state index contributed by atoms with van der Waals surface area (Å²) >= 11 is 5.32. The van der Waals surface area contributed by atoms with Gasteiger partial charge in [-0.15, -0.1) is 0 Å². The number of aromatic nitrogens is 2. The van der Waals surface area contributed by atoms with E-state index in [0.717, 1.165) is 0 Å². The molecule has 0 aromatic carbocycles. The largest absolute Gasteiger partial charge is 0.227 e. The van der Waals surface area contributed by atoms with Gasteiger partial charge in [-0.2, -0.15) is 0 Å². The van der Waals surface area contributed by atoms with Crippen LogP contribution in [0.4, 0.5) is 0 Å². The van der Waals surface area contributed by atoms with Crippen LogP contribution in [0.5, 0.6) is 0 Å². The quantitative estimate of drug-likeness (QED) is 0.442. The summed E-state index contributed by atoms with van der Waals surface area (Å²) in [5, 5.41) is 0.294. The second-order valence-electron chi connectivity index (χ2n) is 4.02. The van der Waals surface area contributed by atoms with E-state index in [1.165, 1.54) is 38.5 Å². The Bertz CT molecular complexity index is 205. The molecule has 0 aliphatic rings. The molecule has 0 aliphatic heterocycles. The van der Waals surface area contributed by atoms with E-state index in [0.29, 0.717) is 5.28 Å². The predicted molar refractivity (Wildman–Crippen MR) is 94.5 cm³/mol. The van der Waals surface area contributed by atoms with Gasteiger partial charge in [0.1, 0.15) is 0 Å². The molecule has 0 fully saturated rings. The molecular weight excluding hydrogens is 374 g/mol. The van der Waals surface area contributed by atoms with Crippen molar-refractivity contribution in [2.24, 2.45) is 0 Å². The van der Waals surface area contributed by atoms with Crippen LogP contribution < -0.4 is 0 Å². The molecule has 0 spiro atoms. The Hall–Kier alpha value is 0.169. The zero-order chi connectivity index (χ0) is 15.4. The first-order valence-corrected chi connectivity index (χ1v) is 7.94. The van der Waals surface area contributed by atoms with E-state index in [-0.39, 0.29) is 23.9 Å². The second-order valence-corrected chi connectivity index (χ2v) is 4.36. The first-order valence-electron chi connectivity index (χ1n) is 7.56. The molecule has 0 bridgehead atoms. The maximum Gasteiger partial charge on any atom is 0.222 e. The standard InChI is InChI=1S/C4H3ClN2.3C4H10.Sn/c5-4-6-2-1-3-7-4;3*1-3-4-2;/h1-3H;3*3-4H2,1-2H3;. The summed E-state index contributed by atoms with van der Waals surface area (Å²) in [4.78, 5) is 7.27. The molecule has 4 heteroatoms. The summed E-state index contributed by atoms with van der Waals surface area (Å²) in [5.74, 6) is 0. The second kappa shape index (κ2) is 31.5. The van der Waals surface area contributed by atoms with Crippen LogP contribution in [-0.4, -0.2) is 33.9 Å². The van der Waals surface area contributed by atoms with Gasteiger partial charge in [0, 0.05) is 36.3 Å². The maximum absolute atomic E-state index is 5.32. The molecule has 1 aromatic heterocycles. The third-order valence-electron chi connectivity index (χ3n) is 2.03. The molecule has 4 radical (unpaired) electrons. The monoisotopic (exact) mass is 408 g/mol. The van der Waals surface area contributed by atoms with E-state index in [1.54, 1.807) is 18.5 Å². The number of rotatable bonds is 3. The van der Waals surface area contributed by atoms with Gasteiger partial charge in [0.05, 0.1) is 0 Å². The van der Waals surface area contributed by atoms with Crippen LogP contribution in [-0.2, 0) is 0 Å². The fourth-order valence-corrected chi connectivity index (χ4v) is 0.394. The Labute approximate surface area is 149 Å². The van der Waals surface area contributed by atoms with Crippen LogP contribution in [0, 0.1) is 0 Å². The van der Waals surface area contributed by atoms with E-state index in [4.69, 9.17) is 11.6 Å². The third kappa shape index (κ3) is 42.9. The molecule has 2 nitrogen and oxygen atoms in total. The minimum atomic E-state index is 0. The number of halogens is 1. The van der Waals surface area contributed by atoms with Crippen molar-refractivity contribution < 1.29 is 0 Å². The first kappa shape index (κ1) is 28.3. The van der Waals surface area contributed by atoms with Gasteiger partial charge in [0.15, 0.2) is 0 Å². The van der Waals surface area contributed by atoms with Crippen LogP contribution in [0.1, 0.15) is 80.1 Å². The number of hydrogen-bond donors (Lipinski definition) is 0. The Morgan fingerprint density at radius 3 is 1.05 bits per heavy atom. The van der Waals surface area contributed by atoms with Gasteiger partial charge in [-0.25, -0.2) is 9.97 Å². The van der Waals surface area contributed by atoms with Gasteiger partial charge >= 0.3 is 0 Å². The molecule has 1 aromatic rings. The van der Waals surface area contributed by atoms with Crippen molar-refractivity contribution in [3.05, 3.63) is 23.7 Å². The Kier molecular flexibility index (Phi) is 44.7. The summed E-state index contributed by atoms with van der Waals surface area (Å²) < 4.78 is 0. The zero-order valence-electron chi connectivity index (χ0n) is 14.2. The first-order chi connectivity index (χ1) is 9.14. The van der Waals surface area contributed by atoms with Crippen molar-refractivity contribution in [2.75, 3.05) is 0 Å². The molecule has 0 aliphatic carbocycles. The molecule has 0 saturated heterocycles. The average molecular weight is 408 g/mol. The normalized spacial score (nSPS) is 7.55. The van der Waals surface area contributed by atoms with Gasteiger partial charge in [-0.3, -0.25) is 0 Å². The van der Waals surface area contributed by atoms with Gasteiger partial charge < -0.3 is 0 Å². The molecule has 0 saturated carbocycles. The number of hydrogen-bond acceptors (Lipinski definition) is 2. The molecule has 0 amide bonds. The van der Waals surface area contributed by atoms with Crippen molar-refractivity contribution in [3.63, 3.8) is 0 Å². The fourth-order valence-electron chi connectivity index (χ4n) is 0.281. The summed E-state index contributed by atoms with van der Waals surface area (Å²) in [6.45, 7) is 13.1. The van der Waals surface area contributed by atoms with Crippen LogP contribution in [0.2, 0.25) is 5.28 Å². The van der Waals surface area contributed by atoms with E-state index >= 15 is 0 Å². The van der Waals surface area contributed by atoms with Gasteiger partial charge in [0.2, 0.25) is 5.28 Å². The van der Waals surface area contributed by atoms with Crippen molar-refractivity contribution in [1.82, 2.24) is 9.97 Å². The molecule has 118 valence electrons. The summed E-state index contributed by atoms with van der Waals surface area (Å²) in [5.41, 5.74) is 0. The van der Waals surface area contributed by atoms with Crippen molar-refractivity contribution in [1.29, 1.82) is 0 Å². The van der Waals surface area contributed by atoms with Crippen molar-refractivity contribution in [2.45, 2.75) is 80.1 Å². The molecule has 1 heterocycles. The summed E-state index contributed by atoms with van der Waals surface area (Å²) in [7, 11) is 0. The summed E-state index contributed by atoms with van der Waals surface area (Å²) in [6.07, 6.45) is 11.1. The molecule has 1 rings (SSSR count). The third-order valence-corrected chi connectivity index (χ3v) is 2.23. The minimum absolute atomic E-state index is 0. The molecule has 0 N–H and O–H groups in total. The van der Waals surface area contributed by atoms with Gasteiger partial charge in [0.25, 0.3) is 0 Å². The maximum atomic E-state index is 5.32. The fraction of sp³-hybridized carbons (Fsp3) is 0.750. The molecule has 0 atom stereocenters. The van der Waals surface area contributed by atoms with Crippen LogP contribution >= 0.6 is 11.6 Å². The SMILES string of the molecule is CCCC.CCCC.CCCC.Clc1ncccn1.[Sn]. The summed E-state index contributed by atoms with van der Waals surface area (Å²) in [6, 6.07) is 1.71. The topological polar surface area (TPSA) is 25.8 Å². The minimum Gasteiger partial charge on any atom is -0.227 e. The van der Waals surface area contributed by atoms with Gasteiger partial charge in [-0.05, 0) is 17.7 Å². The van der Waals surface area contributed by atoms with Gasteiger partial charge in [-0.1, -0.05) is 80.1 Å². The molecule has 20 heavy (non-hydrogen) atoms. The number of nitrogens with zero attached hydrogens (tertiary/aromatic N) is 2. The van der Waals surface area contributed by atoms with Crippen LogP contribution in [0.15, 0.2) is 18.5 Å². The van der Waals surface area contributed by atoms with Crippen LogP contribution in [0.25, 0.3) is 0 Å². The van der Waals surface area contributed by atoms with Crippen LogP contribution in [0.3, 0.4) is 0 Å². The van der Waals surface area contributed by atoms with E-state index in [1.807, 2.05) is 0 Å². The van der Waals surface area contributed by atoms with E-state index in [9.17, 15) is 0 Å². The van der Waals surface area contributed by atoms with E-state index in [2.05, 4.69) is 51.5 Å². The number of unbranched alkanes of at least 4 members (excludes halogenated alkanes) is 3. The Morgan fingerprint density at radius 2 is 0.950 bits per heavy atom. The smallest absolute Gasteiger partial charge is 0.222 e. The average Bonchev–Trinajstić information content (AvgIpc) is 2.48. The molecule has 0 unspecified atom stereocenters. The van der Waals surface area contributed by atoms with Crippen molar-refractivity contribution in [3.8, 4) is 0 Å². The van der Waals surface area contributed by atoms with E-state index < -0.39 is 0 Å². The van der Waals surface area contributed by atoms with Crippen molar-refractivity contribution >= 4 is 35.5 Å². The Morgan fingerprint density at radius 1 is 0.700 bits per heavy atom. The Balaban J connectivity index is -0.0000000881. The molecular formula is C16H33ClN2Sn. The zero-order valence-corrected chi connectivity index (χ0v) is 17.9. The predicted octanol–water partition coefficient (Wildman–Crippen LogP) is 6.17.